The van der Waals surface area contributed by atoms with Gasteiger partial charge in [0.05, 0.1) is 11.4 Å². The fourth-order valence-electron chi connectivity index (χ4n) is 11.9. The Hall–Kier alpha value is -9.12. The van der Waals surface area contributed by atoms with Crippen LogP contribution in [0.25, 0.3) is 98.4 Å². The molecule has 0 N–H and O–H groups in total. The second-order valence-electron chi connectivity index (χ2n) is 20.3. The van der Waals surface area contributed by atoms with Gasteiger partial charge in [-0.2, -0.15) is 0 Å². The molecule has 0 amide bonds. The lowest BCUT2D eigenvalue weighted by molar-refractivity contribution is 0.669. The molecule has 0 spiro atoms. The smallest absolute Gasteiger partial charge is 0.143 e. The summed E-state index contributed by atoms with van der Waals surface area (Å²) in [4.78, 5) is 4.91. The van der Waals surface area contributed by atoms with E-state index in [9.17, 15) is 0 Å². The summed E-state index contributed by atoms with van der Waals surface area (Å²) in [7, 11) is 0. The van der Waals surface area contributed by atoms with Gasteiger partial charge in [-0.1, -0.05) is 185 Å². The molecule has 2 heterocycles. The summed E-state index contributed by atoms with van der Waals surface area (Å²) in [5.41, 5.74) is 17.3. The molecule has 0 bridgehead atoms. The highest BCUT2D eigenvalue weighted by Gasteiger charge is 2.26. The Balaban J connectivity index is 0.964. The van der Waals surface area contributed by atoms with Crippen LogP contribution in [0.1, 0.15) is 50.7 Å². The van der Waals surface area contributed by atoms with E-state index in [1.807, 2.05) is 12.1 Å². The van der Waals surface area contributed by atoms with Crippen molar-refractivity contribution in [3.63, 3.8) is 0 Å². The van der Waals surface area contributed by atoms with Gasteiger partial charge in [-0.15, -0.1) is 0 Å². The zero-order valence-electron chi connectivity index (χ0n) is 41.8. The number of hydrogen-bond donors (Lipinski definition) is 0. The third-order valence-electron chi connectivity index (χ3n) is 15.4. The van der Waals surface area contributed by atoms with E-state index in [-0.39, 0.29) is 11.8 Å². The number of fused-ring (bicyclic) bond motifs is 6. The van der Waals surface area contributed by atoms with Crippen LogP contribution in [0.4, 0.5) is 34.1 Å². The van der Waals surface area contributed by atoms with Gasteiger partial charge in [-0.25, -0.2) is 0 Å². The van der Waals surface area contributed by atoms with E-state index < -0.39 is 0 Å². The third-order valence-corrected chi connectivity index (χ3v) is 15.4. The summed E-state index contributed by atoms with van der Waals surface area (Å²) in [6.07, 6.45) is 0. The Labute approximate surface area is 430 Å². The zero-order chi connectivity index (χ0) is 49.6. The normalized spacial score (nSPS) is 12.0. The molecule has 2 aromatic heterocycles. The summed E-state index contributed by atoms with van der Waals surface area (Å²) >= 11 is 0. The Morgan fingerprint density at radius 3 is 1.05 bits per heavy atom. The molecule has 0 saturated heterocycles. The van der Waals surface area contributed by atoms with E-state index in [2.05, 4.69) is 256 Å². The van der Waals surface area contributed by atoms with Crippen LogP contribution in [-0.2, 0) is 0 Å². The van der Waals surface area contributed by atoms with Gasteiger partial charge in [-0.3, -0.25) is 0 Å². The minimum atomic E-state index is 0.261. The summed E-state index contributed by atoms with van der Waals surface area (Å²) in [5, 5.41) is 12.1. The molecular weight excluding hydrogens is 901 g/mol. The highest BCUT2D eigenvalue weighted by molar-refractivity contribution is 6.29. The summed E-state index contributed by atoms with van der Waals surface area (Å²) in [6, 6.07) is 83.8. The van der Waals surface area contributed by atoms with Crippen LogP contribution in [0, 0.1) is 0 Å². The van der Waals surface area contributed by atoms with Crippen LogP contribution >= 0.6 is 0 Å². The lowest BCUT2D eigenvalue weighted by Gasteiger charge is -2.31. The molecule has 0 unspecified atom stereocenters. The average Bonchev–Trinajstić information content (AvgIpc) is 4.03. The standard InChI is InChI=1S/C70H52N2O2/c1-43(2)61-41-63(71(47-17-7-5-8-18-47)49-33-29-45(30-34-49)51-23-15-25-57-53-21-11-13-27-65(53)73-69(51)57)59-40-38-56-62(44(3)4)42-64(60-39-37-55(61)67(59)68(56)60)72(48-19-9-6-10-20-48)50-35-31-46(32-36-50)52-24-16-26-58-54-22-12-14-28-66(54)74-70(52)58/h5-44H,1-4H3. The number of rotatable bonds is 10. The molecule has 0 aliphatic heterocycles. The first-order valence-corrected chi connectivity index (χ1v) is 25.9. The first kappa shape index (κ1) is 43.7. The Morgan fingerprint density at radius 2 is 0.649 bits per heavy atom. The molecule has 14 aromatic rings. The Bertz CT molecular complexity index is 4130. The van der Waals surface area contributed by atoms with E-state index in [1.165, 1.54) is 43.4 Å². The second-order valence-corrected chi connectivity index (χ2v) is 20.3. The van der Waals surface area contributed by atoms with E-state index >= 15 is 0 Å². The van der Waals surface area contributed by atoms with Crippen LogP contribution in [0.3, 0.4) is 0 Å². The zero-order valence-corrected chi connectivity index (χ0v) is 41.8. The molecule has 354 valence electrons. The molecule has 74 heavy (non-hydrogen) atoms. The average molecular weight is 953 g/mol. The molecule has 0 saturated carbocycles. The molecule has 0 fully saturated rings. The third kappa shape index (κ3) is 6.89. The predicted octanol–water partition coefficient (Wildman–Crippen LogP) is 20.9. The lowest BCUT2D eigenvalue weighted by atomic mass is 9.84. The second kappa shape index (κ2) is 17.3. The van der Waals surface area contributed by atoms with Crippen LogP contribution in [-0.4, -0.2) is 0 Å². The first-order chi connectivity index (χ1) is 36.4. The molecule has 0 atom stereocenters. The minimum absolute atomic E-state index is 0.261. The van der Waals surface area contributed by atoms with Crippen molar-refractivity contribution in [2.24, 2.45) is 0 Å². The van der Waals surface area contributed by atoms with Crippen molar-refractivity contribution in [3.8, 4) is 22.3 Å². The fourth-order valence-corrected chi connectivity index (χ4v) is 11.9. The number of benzene rings is 12. The van der Waals surface area contributed by atoms with Gasteiger partial charge < -0.3 is 18.6 Å². The number of anilines is 6. The Kier molecular flexibility index (Phi) is 10.2. The molecular formula is C70H52N2O2. The minimum Gasteiger partial charge on any atom is -0.455 e. The molecule has 4 nitrogen and oxygen atoms in total. The van der Waals surface area contributed by atoms with Crippen LogP contribution in [0.15, 0.2) is 239 Å². The van der Waals surface area contributed by atoms with Crippen molar-refractivity contribution in [1.29, 1.82) is 0 Å². The first-order valence-electron chi connectivity index (χ1n) is 25.9. The van der Waals surface area contributed by atoms with Crippen molar-refractivity contribution in [3.05, 3.63) is 242 Å². The maximum absolute atomic E-state index is 6.52. The van der Waals surface area contributed by atoms with Gasteiger partial charge in [0.25, 0.3) is 0 Å². The maximum atomic E-state index is 6.52. The molecule has 14 rings (SSSR count). The fraction of sp³-hybridized carbons (Fsp3) is 0.0857. The molecule has 0 aliphatic carbocycles. The van der Waals surface area contributed by atoms with Gasteiger partial charge >= 0.3 is 0 Å². The van der Waals surface area contributed by atoms with Crippen LogP contribution in [0.5, 0.6) is 0 Å². The van der Waals surface area contributed by atoms with Crippen molar-refractivity contribution in [2.45, 2.75) is 39.5 Å². The van der Waals surface area contributed by atoms with Crippen molar-refractivity contribution in [1.82, 2.24) is 0 Å². The molecule has 12 aromatic carbocycles. The van der Waals surface area contributed by atoms with Crippen molar-refractivity contribution >= 4 is 110 Å². The van der Waals surface area contributed by atoms with Crippen LogP contribution < -0.4 is 9.80 Å². The highest BCUT2D eigenvalue weighted by Crippen LogP contribution is 2.51. The number of furan rings is 2. The Morgan fingerprint density at radius 1 is 0.297 bits per heavy atom. The summed E-state index contributed by atoms with van der Waals surface area (Å²) in [6.45, 7) is 9.32. The van der Waals surface area contributed by atoms with Crippen molar-refractivity contribution < 1.29 is 8.83 Å². The summed E-state index contributed by atoms with van der Waals surface area (Å²) < 4.78 is 13.0. The van der Waals surface area contributed by atoms with Gasteiger partial charge in [0.2, 0.25) is 0 Å². The molecule has 0 aliphatic rings. The number of nitrogens with zero attached hydrogens (tertiary/aromatic N) is 2. The van der Waals surface area contributed by atoms with Gasteiger partial charge in [-0.05, 0) is 128 Å². The van der Waals surface area contributed by atoms with E-state index in [1.54, 1.807) is 0 Å². The monoisotopic (exact) mass is 952 g/mol. The van der Waals surface area contributed by atoms with E-state index in [4.69, 9.17) is 8.83 Å². The van der Waals surface area contributed by atoms with Gasteiger partial charge in [0.1, 0.15) is 22.3 Å². The van der Waals surface area contributed by atoms with Crippen molar-refractivity contribution in [2.75, 3.05) is 9.80 Å². The molecule has 0 radical (unpaired) electrons. The highest BCUT2D eigenvalue weighted by atomic mass is 16.3. The topological polar surface area (TPSA) is 32.8 Å². The largest absolute Gasteiger partial charge is 0.455 e. The number of hydrogen-bond acceptors (Lipinski definition) is 4. The lowest BCUT2D eigenvalue weighted by Crippen LogP contribution is -2.13. The summed E-state index contributed by atoms with van der Waals surface area (Å²) in [5.74, 6) is 0.521. The van der Waals surface area contributed by atoms with Gasteiger partial charge in [0.15, 0.2) is 0 Å². The number of para-hydroxylation sites is 6. The van der Waals surface area contributed by atoms with Gasteiger partial charge in [0, 0.05) is 66.2 Å². The van der Waals surface area contributed by atoms with E-state index in [0.29, 0.717) is 0 Å². The quantitative estimate of drug-likeness (QED) is 0.128. The predicted molar refractivity (Wildman–Crippen MR) is 313 cm³/mol. The van der Waals surface area contributed by atoms with Crippen LogP contribution in [0.2, 0.25) is 0 Å². The maximum Gasteiger partial charge on any atom is 0.143 e. The molecule has 4 heteroatoms. The van der Waals surface area contributed by atoms with E-state index in [0.717, 1.165) is 100 Å². The SMILES string of the molecule is CC(C)c1cc(N(c2ccccc2)c2ccc(-c3cccc4c3oc3ccccc34)cc2)c2ccc3c(C(C)C)cc(N(c4ccccc4)c4ccc(-c5cccc6c5oc5ccccc56)cc4)c4ccc1c2c34.